The van der Waals surface area contributed by atoms with E-state index >= 15 is 0 Å². The van der Waals surface area contributed by atoms with Gasteiger partial charge < -0.3 is 9.80 Å². The number of piperidine rings is 1. The molecule has 0 aromatic heterocycles. The van der Waals surface area contributed by atoms with Crippen molar-refractivity contribution in [1.29, 1.82) is 0 Å². The van der Waals surface area contributed by atoms with Gasteiger partial charge in [-0.1, -0.05) is 0 Å². The summed E-state index contributed by atoms with van der Waals surface area (Å²) >= 11 is 0. The maximum atomic E-state index is 11.0. The van der Waals surface area contributed by atoms with E-state index in [4.69, 9.17) is 0 Å². The first-order chi connectivity index (χ1) is 5.61. The van der Waals surface area contributed by atoms with Gasteiger partial charge in [0.1, 0.15) is 0 Å². The summed E-state index contributed by atoms with van der Waals surface area (Å²) in [5.74, 6) is 0.164. The molecule has 12 heavy (non-hydrogen) atoms. The molecule has 0 saturated carbocycles. The van der Waals surface area contributed by atoms with Crippen molar-refractivity contribution < 1.29 is 4.79 Å². The van der Waals surface area contributed by atoms with E-state index in [1.807, 2.05) is 11.9 Å². The van der Waals surface area contributed by atoms with Crippen LogP contribution in [-0.4, -0.2) is 41.9 Å². The molecule has 0 spiro atoms. The summed E-state index contributed by atoms with van der Waals surface area (Å²) in [6.45, 7) is 3.63. The van der Waals surface area contributed by atoms with Gasteiger partial charge in [-0.05, 0) is 25.9 Å². The van der Waals surface area contributed by atoms with Gasteiger partial charge in [0.05, 0.1) is 0 Å². The highest BCUT2D eigenvalue weighted by Gasteiger charge is 2.19. The van der Waals surface area contributed by atoms with Crippen LogP contribution in [0.15, 0.2) is 0 Å². The number of carbonyl (C=O) groups excluding carboxylic acids is 1. The lowest BCUT2D eigenvalue weighted by Crippen LogP contribution is -2.43. The zero-order valence-electron chi connectivity index (χ0n) is 7.92. The summed E-state index contributed by atoms with van der Waals surface area (Å²) in [6, 6.07) is 0.431. The molecule has 70 valence electrons. The Morgan fingerprint density at radius 3 is 2.42 bits per heavy atom. The molecule has 1 aliphatic rings. The molecule has 0 N–H and O–H groups in total. The molecule has 1 heterocycles. The van der Waals surface area contributed by atoms with Crippen molar-refractivity contribution in [1.82, 2.24) is 9.80 Å². The monoisotopic (exact) mass is 169 g/mol. The second kappa shape index (κ2) is 3.90. The molecule has 0 aliphatic carbocycles. The molecule has 0 aromatic rings. The Morgan fingerprint density at radius 2 is 2.00 bits per heavy atom. The summed E-state index contributed by atoms with van der Waals surface area (Å²) in [6.07, 6.45) is 2.11. The average Bonchev–Trinajstić information content (AvgIpc) is 2.04. The third-order valence-electron chi connectivity index (χ3n) is 2.60. The Kier molecular flexibility index (Phi) is 3.09. The van der Waals surface area contributed by atoms with E-state index in [-0.39, 0.29) is 5.91 Å². The Morgan fingerprint density at radius 1 is 1.50 bits per heavy atom. The van der Waals surface area contributed by atoms with E-state index in [2.05, 4.69) is 11.9 Å². The SMILES string of the molecule is [CH2-]N1CCC(N(C)C(C)=O)CC1. The molecule has 0 bridgehead atoms. The number of rotatable bonds is 1. The zero-order chi connectivity index (χ0) is 9.14. The molecule has 1 saturated heterocycles. The minimum absolute atomic E-state index is 0.164. The number of hydrogen-bond acceptors (Lipinski definition) is 2. The highest BCUT2D eigenvalue weighted by Crippen LogP contribution is 2.14. The Bertz CT molecular complexity index is 162. The minimum Gasteiger partial charge on any atom is -0.459 e. The summed E-state index contributed by atoms with van der Waals surface area (Å²) in [5.41, 5.74) is 0. The van der Waals surface area contributed by atoms with Crippen LogP contribution >= 0.6 is 0 Å². The molecule has 0 radical (unpaired) electrons. The van der Waals surface area contributed by atoms with Crippen molar-refractivity contribution >= 4 is 5.91 Å². The van der Waals surface area contributed by atoms with Crippen LogP contribution in [0.4, 0.5) is 0 Å². The molecule has 1 rings (SSSR count). The summed E-state index contributed by atoms with van der Waals surface area (Å²) in [4.78, 5) is 14.9. The number of nitrogens with zero attached hydrogens (tertiary/aromatic N) is 2. The van der Waals surface area contributed by atoms with Crippen molar-refractivity contribution in [2.75, 3.05) is 20.1 Å². The van der Waals surface area contributed by atoms with Gasteiger partial charge >= 0.3 is 0 Å². The lowest BCUT2D eigenvalue weighted by atomic mass is 10.0. The fourth-order valence-corrected chi connectivity index (χ4v) is 1.56. The van der Waals surface area contributed by atoms with Crippen LogP contribution in [0.1, 0.15) is 19.8 Å². The number of amides is 1. The topological polar surface area (TPSA) is 23.6 Å². The van der Waals surface area contributed by atoms with E-state index in [0.717, 1.165) is 25.9 Å². The fourth-order valence-electron chi connectivity index (χ4n) is 1.56. The molecule has 1 fully saturated rings. The van der Waals surface area contributed by atoms with E-state index < -0.39 is 0 Å². The summed E-state index contributed by atoms with van der Waals surface area (Å²) in [5, 5.41) is 0. The average molecular weight is 169 g/mol. The van der Waals surface area contributed by atoms with E-state index in [0.29, 0.717) is 6.04 Å². The van der Waals surface area contributed by atoms with Crippen LogP contribution < -0.4 is 0 Å². The first kappa shape index (κ1) is 9.52. The van der Waals surface area contributed by atoms with Gasteiger partial charge in [-0.3, -0.25) is 11.8 Å². The highest BCUT2D eigenvalue weighted by atomic mass is 16.2. The van der Waals surface area contributed by atoms with Crippen molar-refractivity contribution in [3.63, 3.8) is 0 Å². The molecule has 0 aromatic carbocycles. The Labute approximate surface area is 74.3 Å². The van der Waals surface area contributed by atoms with Crippen LogP contribution in [0.2, 0.25) is 0 Å². The van der Waals surface area contributed by atoms with Crippen LogP contribution in [0.5, 0.6) is 0 Å². The van der Waals surface area contributed by atoms with Crippen LogP contribution in [0, 0.1) is 7.05 Å². The third kappa shape index (κ3) is 2.21. The van der Waals surface area contributed by atoms with E-state index in [1.54, 1.807) is 6.92 Å². The molecular formula is C9H17N2O-. The van der Waals surface area contributed by atoms with Crippen molar-refractivity contribution in [2.45, 2.75) is 25.8 Å². The molecule has 1 aliphatic heterocycles. The lowest BCUT2D eigenvalue weighted by Gasteiger charge is -2.38. The maximum absolute atomic E-state index is 11.0. The predicted octanol–water partition coefficient (Wildman–Crippen LogP) is 0.721. The number of likely N-dealkylation sites (tertiary alicyclic amines) is 1. The molecule has 3 nitrogen and oxygen atoms in total. The maximum Gasteiger partial charge on any atom is 0.219 e. The number of carbonyl (C=O) groups is 1. The Balaban J connectivity index is 2.39. The standard InChI is InChI=1S/C9H17N2O/c1-8(12)11(3)9-4-6-10(2)7-5-9/h9H,2,4-7H2,1,3H3/q-1. The van der Waals surface area contributed by atoms with Crippen LogP contribution in [0.3, 0.4) is 0 Å². The molecule has 0 unspecified atom stereocenters. The second-order valence-corrected chi connectivity index (χ2v) is 3.48. The highest BCUT2D eigenvalue weighted by molar-refractivity contribution is 5.73. The molecule has 3 heteroatoms. The van der Waals surface area contributed by atoms with Crippen molar-refractivity contribution in [3.8, 4) is 0 Å². The van der Waals surface area contributed by atoms with Gasteiger partial charge in [0.15, 0.2) is 0 Å². The van der Waals surface area contributed by atoms with Gasteiger partial charge in [-0.15, -0.1) is 0 Å². The molecule has 1 amide bonds. The zero-order valence-corrected chi connectivity index (χ0v) is 7.92. The number of hydrogen-bond donors (Lipinski definition) is 0. The lowest BCUT2D eigenvalue weighted by molar-refractivity contribution is -0.130. The first-order valence-corrected chi connectivity index (χ1v) is 4.40. The molecular weight excluding hydrogens is 152 g/mol. The first-order valence-electron chi connectivity index (χ1n) is 4.40. The van der Waals surface area contributed by atoms with Crippen molar-refractivity contribution in [3.05, 3.63) is 7.05 Å². The van der Waals surface area contributed by atoms with Gasteiger partial charge in [-0.25, -0.2) is 0 Å². The summed E-state index contributed by atoms with van der Waals surface area (Å²) in [7, 11) is 5.75. The largest absolute Gasteiger partial charge is 0.459 e. The smallest absolute Gasteiger partial charge is 0.219 e. The Hall–Kier alpha value is -0.570. The second-order valence-electron chi connectivity index (χ2n) is 3.48. The van der Waals surface area contributed by atoms with Crippen molar-refractivity contribution in [2.24, 2.45) is 0 Å². The quantitative estimate of drug-likeness (QED) is 0.540. The van der Waals surface area contributed by atoms with Crippen LogP contribution in [0.25, 0.3) is 0 Å². The molecule has 0 atom stereocenters. The predicted molar refractivity (Wildman–Crippen MR) is 48.4 cm³/mol. The minimum atomic E-state index is 0.164. The van der Waals surface area contributed by atoms with Crippen LogP contribution in [-0.2, 0) is 4.79 Å². The third-order valence-corrected chi connectivity index (χ3v) is 2.60. The van der Waals surface area contributed by atoms with E-state index in [9.17, 15) is 4.79 Å². The van der Waals surface area contributed by atoms with Gasteiger partial charge in [0.2, 0.25) is 5.91 Å². The van der Waals surface area contributed by atoms with Gasteiger partial charge in [0, 0.05) is 20.0 Å². The fraction of sp³-hybridized carbons (Fsp3) is 0.778. The van der Waals surface area contributed by atoms with Gasteiger partial charge in [0.25, 0.3) is 0 Å². The van der Waals surface area contributed by atoms with E-state index in [1.165, 1.54) is 0 Å². The normalized spacial score (nSPS) is 20.9. The van der Waals surface area contributed by atoms with Gasteiger partial charge in [-0.2, -0.15) is 0 Å². The summed E-state index contributed by atoms with van der Waals surface area (Å²) < 4.78 is 0.